The molecule has 2 aromatic rings. The maximum Gasteiger partial charge on any atom is 0.296 e. The van der Waals surface area contributed by atoms with E-state index >= 15 is 0 Å². The van der Waals surface area contributed by atoms with Gasteiger partial charge in [0.2, 0.25) is 0 Å². The first-order valence-corrected chi connectivity index (χ1v) is 8.28. The van der Waals surface area contributed by atoms with Crippen molar-refractivity contribution in [3.8, 4) is 0 Å². The molecule has 0 unspecified atom stereocenters. The normalized spacial score (nSPS) is 19.7. The molecule has 1 aromatic heterocycles. The van der Waals surface area contributed by atoms with E-state index in [0.29, 0.717) is 17.2 Å². The van der Waals surface area contributed by atoms with E-state index in [0.717, 1.165) is 42.5 Å². The average Bonchev–Trinajstić information content (AvgIpc) is 2.94. The molecule has 0 bridgehead atoms. The van der Waals surface area contributed by atoms with Crippen molar-refractivity contribution in [2.45, 2.75) is 37.6 Å². The molecule has 2 aliphatic rings. The zero-order valence-electron chi connectivity index (χ0n) is 14.1. The van der Waals surface area contributed by atoms with E-state index in [2.05, 4.69) is 21.3 Å². The summed E-state index contributed by atoms with van der Waals surface area (Å²) >= 11 is 0. The van der Waals surface area contributed by atoms with Gasteiger partial charge in [-0.1, -0.05) is 31.4 Å². The number of benzene rings is 1. The maximum absolute atomic E-state index is 11.0. The Balaban J connectivity index is 0.00000169. The van der Waals surface area contributed by atoms with Crippen LogP contribution in [0, 0.1) is 0 Å². The molecule has 1 aromatic carbocycles. The number of nitrogens with zero attached hydrogens (tertiary/aromatic N) is 3. The molecule has 1 aliphatic heterocycles. The fourth-order valence-corrected chi connectivity index (χ4v) is 4.22. The molecule has 0 atom stereocenters. The highest BCUT2D eigenvalue weighted by atomic mass is 35.5. The Morgan fingerprint density at radius 3 is 2.54 bits per heavy atom. The maximum atomic E-state index is 11.0. The average molecular weight is 347 g/mol. The molecule has 6 heteroatoms. The second-order valence-electron chi connectivity index (χ2n) is 6.74. The molecule has 2 heterocycles. The number of aliphatic hydroxyl groups is 1. The molecule has 3 N–H and O–H groups in total. The number of hydrogen-bond acceptors (Lipinski definition) is 3. The van der Waals surface area contributed by atoms with E-state index in [1.807, 2.05) is 26.2 Å². The van der Waals surface area contributed by atoms with Gasteiger partial charge in [-0.15, -0.1) is 0 Å². The van der Waals surface area contributed by atoms with Gasteiger partial charge in [0, 0.05) is 0 Å². The van der Waals surface area contributed by atoms with E-state index < -0.39 is 5.54 Å². The van der Waals surface area contributed by atoms with Gasteiger partial charge in [-0.25, -0.2) is 9.13 Å². The first-order valence-electron chi connectivity index (χ1n) is 8.28. The lowest BCUT2D eigenvalue weighted by molar-refractivity contribution is -0.648. The molecule has 128 valence electrons. The van der Waals surface area contributed by atoms with Crippen molar-refractivity contribution in [3.63, 3.8) is 0 Å². The highest BCUT2D eigenvalue weighted by molar-refractivity contribution is 6.23. The van der Waals surface area contributed by atoms with Gasteiger partial charge in [-0.05, 0) is 25.0 Å². The van der Waals surface area contributed by atoms with Gasteiger partial charge in [0.1, 0.15) is 22.7 Å². The molecule has 1 aliphatic carbocycles. The Morgan fingerprint density at radius 1 is 1.21 bits per heavy atom. The van der Waals surface area contributed by atoms with Gasteiger partial charge >= 0.3 is 0 Å². The quantitative estimate of drug-likeness (QED) is 0.674. The minimum absolute atomic E-state index is 0. The van der Waals surface area contributed by atoms with Gasteiger partial charge in [-0.2, -0.15) is 0 Å². The summed E-state index contributed by atoms with van der Waals surface area (Å²) in [6.07, 6.45) is 5.17. The number of fused-ring (bicyclic) bond motifs is 1. The topological polar surface area (TPSA) is 67.4 Å². The number of aryl methyl sites for hydroxylation is 2. The largest absolute Gasteiger partial charge is 1.00 e. The minimum atomic E-state index is -0.485. The number of aliphatic hydroxyl groups excluding tert-OH is 1. The summed E-state index contributed by atoms with van der Waals surface area (Å²) in [6, 6.07) is 8.20. The van der Waals surface area contributed by atoms with Crippen LogP contribution in [0.15, 0.2) is 35.0 Å². The second kappa shape index (κ2) is 5.81. The minimum Gasteiger partial charge on any atom is -1.00 e. The number of amidine groups is 1. The molecule has 5 nitrogen and oxygen atoms in total. The van der Waals surface area contributed by atoms with Crippen LogP contribution in [0.1, 0.15) is 37.9 Å². The molecule has 1 spiro atoms. The Labute approximate surface area is 147 Å². The molecule has 0 amide bonds. The first-order chi connectivity index (χ1) is 11.1. The van der Waals surface area contributed by atoms with Crippen LogP contribution in [0.2, 0.25) is 0 Å². The smallest absolute Gasteiger partial charge is 0.296 e. The lowest BCUT2D eigenvalue weighted by Gasteiger charge is -2.30. The molecule has 24 heavy (non-hydrogen) atoms. The summed E-state index contributed by atoms with van der Waals surface area (Å²) in [7, 11) is 4.02. The van der Waals surface area contributed by atoms with Crippen LogP contribution >= 0.6 is 0 Å². The third kappa shape index (κ3) is 2.14. The first kappa shape index (κ1) is 16.8. The van der Waals surface area contributed by atoms with Crippen molar-refractivity contribution >= 4 is 22.4 Å². The summed E-state index contributed by atoms with van der Waals surface area (Å²) in [5.74, 6) is 1.73. The molecule has 1 fully saturated rings. The number of aliphatic imine (C=N–C) groups is 1. The highest BCUT2D eigenvalue weighted by Gasteiger charge is 2.46. The van der Waals surface area contributed by atoms with Crippen molar-refractivity contribution in [2.24, 2.45) is 24.8 Å². The Morgan fingerprint density at radius 2 is 1.88 bits per heavy atom. The van der Waals surface area contributed by atoms with E-state index in [9.17, 15) is 5.11 Å². The summed E-state index contributed by atoms with van der Waals surface area (Å²) in [5.41, 5.74) is 8.72. The van der Waals surface area contributed by atoms with E-state index in [-0.39, 0.29) is 12.4 Å². The van der Waals surface area contributed by atoms with Crippen LogP contribution in [0.3, 0.4) is 0 Å². The van der Waals surface area contributed by atoms with E-state index in [4.69, 9.17) is 10.7 Å². The van der Waals surface area contributed by atoms with Gasteiger partial charge in [0.15, 0.2) is 11.0 Å². The van der Waals surface area contributed by atoms with Gasteiger partial charge in [0.25, 0.3) is 5.82 Å². The molecular weight excluding hydrogens is 324 g/mol. The van der Waals surface area contributed by atoms with Gasteiger partial charge in [0.05, 0.1) is 14.1 Å². The van der Waals surface area contributed by atoms with Crippen molar-refractivity contribution in [1.82, 2.24) is 4.57 Å². The number of para-hydroxylation sites is 2. The molecule has 0 saturated heterocycles. The van der Waals surface area contributed by atoms with Crippen LogP contribution in [0.4, 0.5) is 0 Å². The number of halogens is 1. The molecule has 1 saturated carbocycles. The third-order valence-electron chi connectivity index (χ3n) is 5.41. The van der Waals surface area contributed by atoms with Crippen molar-refractivity contribution in [2.75, 3.05) is 0 Å². The predicted molar refractivity (Wildman–Crippen MR) is 91.1 cm³/mol. The summed E-state index contributed by atoms with van der Waals surface area (Å²) in [5, 5.41) is 11.0. The van der Waals surface area contributed by atoms with E-state index in [1.54, 1.807) is 0 Å². The molecular formula is C18H23ClN4O. The number of hydrogen-bond donors (Lipinski definition) is 2. The van der Waals surface area contributed by atoms with Crippen LogP contribution < -0.4 is 22.7 Å². The summed E-state index contributed by atoms with van der Waals surface area (Å²) in [4.78, 5) is 4.71. The zero-order chi connectivity index (χ0) is 16.2. The van der Waals surface area contributed by atoms with Crippen molar-refractivity contribution < 1.29 is 22.1 Å². The number of nitrogens with two attached hydrogens (primary N) is 1. The van der Waals surface area contributed by atoms with Crippen LogP contribution in [-0.2, 0) is 14.1 Å². The number of rotatable bonds is 1. The van der Waals surface area contributed by atoms with Gasteiger partial charge < -0.3 is 23.2 Å². The van der Waals surface area contributed by atoms with Crippen LogP contribution in [0.25, 0.3) is 16.6 Å². The third-order valence-corrected chi connectivity index (χ3v) is 5.41. The van der Waals surface area contributed by atoms with Crippen molar-refractivity contribution in [3.05, 3.63) is 35.8 Å². The Hall–Kier alpha value is -2.01. The number of aromatic nitrogens is 2. The van der Waals surface area contributed by atoms with Crippen molar-refractivity contribution in [1.29, 1.82) is 0 Å². The summed E-state index contributed by atoms with van der Waals surface area (Å²) in [6.45, 7) is 0. The standard InChI is InChI=1S/C18H22N4O.ClH/c1-21-12-8-4-5-9-13(12)22(2)17(21)14-15(23)18(20-16(14)19)10-6-3-7-11-18;/h4-5,8-9H,3,6-7,10-11H2,1-2H3,(H2,19,20);1H. The molecule has 4 rings (SSSR count). The zero-order valence-corrected chi connectivity index (χ0v) is 14.8. The van der Waals surface area contributed by atoms with Gasteiger partial charge in [-0.3, -0.25) is 4.99 Å². The molecule has 0 radical (unpaired) electrons. The number of imidazole rings is 1. The Bertz CT molecular complexity index is 820. The van der Waals surface area contributed by atoms with Crippen LogP contribution in [0.5, 0.6) is 0 Å². The Kier molecular flexibility index (Phi) is 4.08. The predicted octanol–water partition coefficient (Wildman–Crippen LogP) is -0.650. The fraction of sp³-hybridized carbons (Fsp3) is 0.444. The highest BCUT2D eigenvalue weighted by Crippen LogP contribution is 2.43. The lowest BCUT2D eigenvalue weighted by Crippen LogP contribution is -3.00. The van der Waals surface area contributed by atoms with E-state index in [1.165, 1.54) is 6.42 Å². The monoisotopic (exact) mass is 346 g/mol. The fourth-order valence-electron chi connectivity index (χ4n) is 4.22. The SMILES string of the molecule is Cn1c(C2=C(O)C3(CCCCC3)N=C2N)[n+](C)c2ccccc21.[Cl-]. The lowest BCUT2D eigenvalue weighted by atomic mass is 9.81. The van der Waals surface area contributed by atoms with Crippen LogP contribution in [-0.4, -0.2) is 21.0 Å². The summed E-state index contributed by atoms with van der Waals surface area (Å²) < 4.78 is 4.18. The second-order valence-corrected chi connectivity index (χ2v) is 6.74.